The molecule has 1 atom stereocenters. The Morgan fingerprint density at radius 2 is 1.65 bits per heavy atom. The highest BCUT2D eigenvalue weighted by Gasteiger charge is 2.47. The topological polar surface area (TPSA) is 102 Å². The number of methoxy groups -OCH3 is 2. The number of hydrogen-bond donors (Lipinski definition) is 1. The Kier molecular flexibility index (Phi) is 7.42. The van der Waals surface area contributed by atoms with Gasteiger partial charge in [0.25, 0.3) is 11.7 Å². The number of esters is 1. The van der Waals surface area contributed by atoms with Gasteiger partial charge in [-0.1, -0.05) is 35.3 Å². The molecule has 1 fully saturated rings. The molecule has 1 saturated heterocycles. The quantitative estimate of drug-likeness (QED) is 0.143. The molecule has 1 amide bonds. The van der Waals surface area contributed by atoms with Gasteiger partial charge in [0.1, 0.15) is 23.0 Å². The van der Waals surface area contributed by atoms with Crippen LogP contribution in [0.1, 0.15) is 24.1 Å². The predicted molar refractivity (Wildman–Crippen MR) is 139 cm³/mol. The molecule has 0 aromatic heterocycles. The van der Waals surface area contributed by atoms with E-state index in [1.165, 1.54) is 44.2 Å². The van der Waals surface area contributed by atoms with Crippen molar-refractivity contribution in [2.75, 3.05) is 19.1 Å². The number of ether oxygens (including phenoxy) is 3. The van der Waals surface area contributed by atoms with Crippen LogP contribution in [0.25, 0.3) is 5.76 Å². The van der Waals surface area contributed by atoms with Crippen LogP contribution in [-0.2, 0) is 14.4 Å². The Balaban J connectivity index is 1.99. The summed E-state index contributed by atoms with van der Waals surface area (Å²) in [6.45, 7) is 1.26. The molecule has 10 heteroatoms. The largest absolute Gasteiger partial charge is 0.507 e. The van der Waals surface area contributed by atoms with Crippen LogP contribution < -0.4 is 19.1 Å². The summed E-state index contributed by atoms with van der Waals surface area (Å²) in [6, 6.07) is 14.6. The van der Waals surface area contributed by atoms with Crippen molar-refractivity contribution in [3.63, 3.8) is 0 Å². The number of nitrogens with zero attached hydrogens (tertiary/aromatic N) is 1. The number of aliphatic hydroxyl groups excluding tert-OH is 1. The molecule has 0 bridgehead atoms. The summed E-state index contributed by atoms with van der Waals surface area (Å²) in [5, 5.41) is 11.7. The summed E-state index contributed by atoms with van der Waals surface area (Å²) in [5.41, 5.74) is 0.592. The average molecular weight is 542 g/mol. The van der Waals surface area contributed by atoms with Crippen LogP contribution in [0.2, 0.25) is 10.0 Å². The normalized spacial score (nSPS) is 16.6. The number of carbonyl (C=O) groups excluding carboxylic acids is 3. The minimum absolute atomic E-state index is 0.0360. The van der Waals surface area contributed by atoms with Gasteiger partial charge in [-0.05, 0) is 54.1 Å². The number of amides is 1. The third kappa shape index (κ3) is 4.98. The monoisotopic (exact) mass is 541 g/mol. The van der Waals surface area contributed by atoms with E-state index in [0.717, 1.165) is 0 Å². The lowest BCUT2D eigenvalue weighted by atomic mass is 9.94. The number of hydrogen-bond acceptors (Lipinski definition) is 7. The molecule has 3 aromatic carbocycles. The molecule has 0 saturated carbocycles. The zero-order valence-corrected chi connectivity index (χ0v) is 21.5. The maximum absolute atomic E-state index is 13.4. The highest BCUT2D eigenvalue weighted by Crippen LogP contribution is 2.45. The zero-order valence-electron chi connectivity index (χ0n) is 20.0. The number of rotatable bonds is 6. The van der Waals surface area contributed by atoms with Gasteiger partial charge in [0.05, 0.1) is 36.4 Å². The summed E-state index contributed by atoms with van der Waals surface area (Å²) >= 11 is 12.4. The SMILES string of the molecule is COc1ccc(N2C(=O)C(=O)/C(=C(/O)c3cc(Cl)cc(Cl)c3OC)C2c2cccc(OC(C)=O)c2)cc1. The third-order valence-corrected chi connectivity index (χ3v) is 6.20. The van der Waals surface area contributed by atoms with Crippen molar-refractivity contribution in [3.05, 3.63) is 87.4 Å². The van der Waals surface area contributed by atoms with Gasteiger partial charge >= 0.3 is 5.97 Å². The van der Waals surface area contributed by atoms with E-state index < -0.39 is 29.5 Å². The first kappa shape index (κ1) is 26.1. The molecule has 4 rings (SSSR count). The number of carbonyl (C=O) groups is 3. The van der Waals surface area contributed by atoms with Gasteiger partial charge in [-0.3, -0.25) is 19.3 Å². The molecule has 0 aliphatic carbocycles. The van der Waals surface area contributed by atoms with Crippen LogP contribution in [0.3, 0.4) is 0 Å². The third-order valence-electron chi connectivity index (χ3n) is 5.70. The van der Waals surface area contributed by atoms with E-state index in [1.54, 1.807) is 42.5 Å². The van der Waals surface area contributed by atoms with E-state index in [4.69, 9.17) is 37.4 Å². The van der Waals surface area contributed by atoms with E-state index >= 15 is 0 Å². The van der Waals surface area contributed by atoms with Gasteiger partial charge in [0.2, 0.25) is 0 Å². The van der Waals surface area contributed by atoms with Crippen molar-refractivity contribution < 1.29 is 33.7 Å². The highest BCUT2D eigenvalue weighted by molar-refractivity contribution is 6.52. The van der Waals surface area contributed by atoms with E-state index in [2.05, 4.69) is 0 Å². The van der Waals surface area contributed by atoms with Gasteiger partial charge < -0.3 is 19.3 Å². The molecule has 3 aromatic rings. The van der Waals surface area contributed by atoms with E-state index in [9.17, 15) is 19.5 Å². The molecule has 190 valence electrons. The fourth-order valence-corrected chi connectivity index (χ4v) is 4.73. The molecule has 1 aliphatic rings. The second kappa shape index (κ2) is 10.5. The lowest BCUT2D eigenvalue weighted by Gasteiger charge is -2.26. The van der Waals surface area contributed by atoms with Crippen molar-refractivity contribution in [2.45, 2.75) is 13.0 Å². The molecule has 37 heavy (non-hydrogen) atoms. The van der Waals surface area contributed by atoms with Crippen molar-refractivity contribution in [3.8, 4) is 17.2 Å². The van der Waals surface area contributed by atoms with Crippen LogP contribution in [0.15, 0.2) is 66.2 Å². The Labute approximate surface area is 222 Å². The Bertz CT molecular complexity index is 1430. The van der Waals surface area contributed by atoms with Crippen molar-refractivity contribution >= 4 is 52.3 Å². The van der Waals surface area contributed by atoms with Gasteiger partial charge in [-0.25, -0.2) is 0 Å². The Morgan fingerprint density at radius 1 is 0.946 bits per heavy atom. The molecular weight excluding hydrogens is 521 g/mol. The maximum atomic E-state index is 13.4. The van der Waals surface area contributed by atoms with Crippen LogP contribution in [0.5, 0.6) is 17.2 Å². The minimum atomic E-state index is -1.09. The van der Waals surface area contributed by atoms with Crippen LogP contribution in [-0.4, -0.2) is 37.0 Å². The first-order valence-electron chi connectivity index (χ1n) is 10.9. The standard InChI is InChI=1S/C27H21Cl2NO7/c1-14(31)37-19-6-4-5-15(11-19)23-22(24(32)20-12-16(28)13-21(29)26(20)36-3)25(33)27(34)30(23)17-7-9-18(35-2)10-8-17/h4-13,23,32H,1-3H3/b24-22+. The molecule has 0 radical (unpaired) electrons. The van der Waals surface area contributed by atoms with Crippen LogP contribution >= 0.6 is 23.2 Å². The number of anilines is 1. The summed E-state index contributed by atoms with van der Waals surface area (Å²) in [5.74, 6) is -2.05. The molecular formula is C27H21Cl2NO7. The van der Waals surface area contributed by atoms with Crippen LogP contribution in [0.4, 0.5) is 5.69 Å². The zero-order chi connectivity index (χ0) is 26.9. The number of ketones is 1. The lowest BCUT2D eigenvalue weighted by Crippen LogP contribution is -2.29. The number of halogens is 2. The smallest absolute Gasteiger partial charge is 0.308 e. The van der Waals surface area contributed by atoms with E-state index in [-0.39, 0.29) is 32.7 Å². The van der Waals surface area contributed by atoms with Crippen LogP contribution in [0, 0.1) is 0 Å². The molecule has 1 heterocycles. The summed E-state index contributed by atoms with van der Waals surface area (Å²) < 4.78 is 15.8. The molecule has 1 aliphatic heterocycles. The first-order chi connectivity index (χ1) is 17.7. The highest BCUT2D eigenvalue weighted by atomic mass is 35.5. The van der Waals surface area contributed by atoms with E-state index in [0.29, 0.717) is 17.0 Å². The van der Waals surface area contributed by atoms with Gasteiger partial charge in [0, 0.05) is 17.6 Å². The molecule has 8 nitrogen and oxygen atoms in total. The maximum Gasteiger partial charge on any atom is 0.308 e. The first-order valence-corrected chi connectivity index (χ1v) is 11.7. The fourth-order valence-electron chi connectivity index (χ4n) is 4.16. The summed E-state index contributed by atoms with van der Waals surface area (Å²) in [7, 11) is 2.85. The Hall–Kier alpha value is -4.01. The van der Waals surface area contributed by atoms with Gasteiger partial charge in [0.15, 0.2) is 0 Å². The van der Waals surface area contributed by atoms with Gasteiger partial charge in [-0.15, -0.1) is 0 Å². The van der Waals surface area contributed by atoms with E-state index in [1.807, 2.05) is 0 Å². The molecule has 1 N–H and O–H groups in total. The van der Waals surface area contributed by atoms with Crippen molar-refractivity contribution in [2.24, 2.45) is 0 Å². The molecule has 1 unspecified atom stereocenters. The summed E-state index contributed by atoms with van der Waals surface area (Å²) in [4.78, 5) is 39.6. The second-order valence-corrected chi connectivity index (χ2v) is 8.85. The summed E-state index contributed by atoms with van der Waals surface area (Å²) in [6.07, 6.45) is 0. The number of aliphatic hydroxyl groups is 1. The van der Waals surface area contributed by atoms with Gasteiger partial charge in [-0.2, -0.15) is 0 Å². The second-order valence-electron chi connectivity index (χ2n) is 8.00. The lowest BCUT2D eigenvalue weighted by molar-refractivity contribution is -0.132. The Morgan fingerprint density at radius 3 is 2.27 bits per heavy atom. The number of benzene rings is 3. The molecule has 0 spiro atoms. The number of Topliss-reactive ketones (excluding diaryl/α,β-unsaturated/α-hetero) is 1. The fraction of sp³-hybridized carbons (Fsp3) is 0.148. The van der Waals surface area contributed by atoms with Crippen molar-refractivity contribution in [1.29, 1.82) is 0 Å². The minimum Gasteiger partial charge on any atom is -0.507 e. The van der Waals surface area contributed by atoms with Crippen molar-refractivity contribution in [1.82, 2.24) is 0 Å². The predicted octanol–water partition coefficient (Wildman–Crippen LogP) is 5.56. The average Bonchev–Trinajstić information content (AvgIpc) is 3.13.